The molecule has 7 heteroatoms. The van der Waals surface area contributed by atoms with Gasteiger partial charge in [-0.3, -0.25) is 9.79 Å². The van der Waals surface area contributed by atoms with Crippen LogP contribution in [-0.4, -0.2) is 74.8 Å². The van der Waals surface area contributed by atoms with Crippen LogP contribution in [0.1, 0.15) is 25.7 Å². The third-order valence-corrected chi connectivity index (χ3v) is 6.04. The molecule has 0 saturated carbocycles. The number of fused-ring (bicyclic) bond motifs is 2. The van der Waals surface area contributed by atoms with E-state index in [-0.39, 0.29) is 5.91 Å². The lowest BCUT2D eigenvalue weighted by atomic mass is 9.96. The first-order valence-corrected chi connectivity index (χ1v) is 10.4. The molecule has 28 heavy (non-hydrogen) atoms. The standard InChI is InChI=1S/C21H31N5O2/c1-22-21(24-18-15-17-7-8-19(18)28-17)23-10-9-20(27)26-13-11-25(12-14-26)16-5-3-2-4-6-16/h2-6,17-19H,7-15H2,1H3,(H2,22,23,24). The van der Waals surface area contributed by atoms with Crippen molar-refractivity contribution >= 4 is 17.6 Å². The number of rotatable bonds is 5. The summed E-state index contributed by atoms with van der Waals surface area (Å²) in [6.07, 6.45) is 4.57. The minimum Gasteiger partial charge on any atom is -0.373 e. The van der Waals surface area contributed by atoms with E-state index in [1.165, 1.54) is 12.1 Å². The van der Waals surface area contributed by atoms with Crippen LogP contribution in [0.4, 0.5) is 5.69 Å². The van der Waals surface area contributed by atoms with Gasteiger partial charge < -0.3 is 25.2 Å². The van der Waals surface area contributed by atoms with Crippen molar-refractivity contribution in [3.63, 3.8) is 0 Å². The summed E-state index contributed by atoms with van der Waals surface area (Å²) < 4.78 is 5.88. The molecule has 1 aromatic rings. The zero-order chi connectivity index (χ0) is 19.3. The fraction of sp³-hybridized carbons (Fsp3) is 0.619. The maximum Gasteiger partial charge on any atom is 0.224 e. The zero-order valence-electron chi connectivity index (χ0n) is 16.6. The summed E-state index contributed by atoms with van der Waals surface area (Å²) in [5.74, 6) is 0.974. The Balaban J connectivity index is 1.16. The molecule has 0 aromatic heterocycles. The fourth-order valence-electron chi connectivity index (χ4n) is 4.46. The highest BCUT2D eigenvalue weighted by atomic mass is 16.5. The highest BCUT2D eigenvalue weighted by Gasteiger charge is 2.41. The summed E-state index contributed by atoms with van der Waals surface area (Å²) in [6, 6.07) is 10.7. The van der Waals surface area contributed by atoms with Gasteiger partial charge in [-0.2, -0.15) is 0 Å². The van der Waals surface area contributed by atoms with Crippen molar-refractivity contribution in [2.24, 2.45) is 4.99 Å². The summed E-state index contributed by atoms with van der Waals surface area (Å²) in [6.45, 7) is 3.93. The molecule has 3 unspecified atom stereocenters. The molecule has 3 atom stereocenters. The molecule has 3 fully saturated rings. The van der Waals surface area contributed by atoms with Gasteiger partial charge in [0.25, 0.3) is 0 Å². The number of hydrogen-bond donors (Lipinski definition) is 2. The van der Waals surface area contributed by atoms with Crippen LogP contribution in [-0.2, 0) is 9.53 Å². The number of guanidine groups is 1. The number of ether oxygens (including phenoxy) is 1. The van der Waals surface area contributed by atoms with Crippen LogP contribution in [0.15, 0.2) is 35.3 Å². The number of nitrogens with one attached hydrogen (secondary N) is 2. The van der Waals surface area contributed by atoms with Crippen LogP contribution in [0.25, 0.3) is 0 Å². The third kappa shape index (κ3) is 4.41. The highest BCUT2D eigenvalue weighted by molar-refractivity contribution is 5.81. The van der Waals surface area contributed by atoms with E-state index in [0.29, 0.717) is 31.2 Å². The van der Waals surface area contributed by atoms with E-state index >= 15 is 0 Å². The van der Waals surface area contributed by atoms with Crippen LogP contribution >= 0.6 is 0 Å². The minimum atomic E-state index is 0.207. The Hall–Kier alpha value is -2.28. The van der Waals surface area contributed by atoms with Gasteiger partial charge in [-0.05, 0) is 31.4 Å². The average Bonchev–Trinajstić information content (AvgIpc) is 3.37. The molecule has 3 aliphatic heterocycles. The first kappa shape index (κ1) is 19.1. The van der Waals surface area contributed by atoms with E-state index in [0.717, 1.165) is 45.0 Å². The number of benzene rings is 1. The van der Waals surface area contributed by atoms with Crippen LogP contribution in [0.5, 0.6) is 0 Å². The summed E-state index contributed by atoms with van der Waals surface area (Å²) in [5, 5.41) is 6.74. The molecule has 7 nitrogen and oxygen atoms in total. The minimum absolute atomic E-state index is 0.207. The maximum absolute atomic E-state index is 12.5. The topological polar surface area (TPSA) is 69.2 Å². The number of anilines is 1. The largest absolute Gasteiger partial charge is 0.373 e. The Labute approximate surface area is 167 Å². The van der Waals surface area contributed by atoms with Gasteiger partial charge in [-0.1, -0.05) is 18.2 Å². The highest BCUT2D eigenvalue weighted by Crippen LogP contribution is 2.34. The Bertz CT molecular complexity index is 687. The fourth-order valence-corrected chi connectivity index (χ4v) is 4.46. The van der Waals surface area contributed by atoms with Gasteiger partial charge in [0.05, 0.1) is 18.2 Å². The Morgan fingerprint density at radius 1 is 1.18 bits per heavy atom. The molecule has 3 aliphatic rings. The lowest BCUT2D eigenvalue weighted by Crippen LogP contribution is -2.50. The predicted octanol–water partition coefficient (Wildman–Crippen LogP) is 1.21. The van der Waals surface area contributed by atoms with Crippen LogP contribution in [0.3, 0.4) is 0 Å². The number of piperazine rings is 1. The van der Waals surface area contributed by atoms with Gasteiger partial charge in [-0.15, -0.1) is 0 Å². The average molecular weight is 386 g/mol. The van der Waals surface area contributed by atoms with Crippen LogP contribution < -0.4 is 15.5 Å². The Kier molecular flexibility index (Phi) is 6.00. The third-order valence-electron chi connectivity index (χ3n) is 6.04. The molecule has 2 N–H and O–H groups in total. The van der Waals surface area contributed by atoms with E-state index in [2.05, 4.69) is 44.8 Å². The van der Waals surface area contributed by atoms with Crippen molar-refractivity contribution in [3.05, 3.63) is 30.3 Å². The molecule has 0 spiro atoms. The van der Waals surface area contributed by atoms with E-state index in [1.807, 2.05) is 11.0 Å². The molecule has 1 amide bonds. The summed E-state index contributed by atoms with van der Waals surface area (Å²) in [4.78, 5) is 21.2. The number of carbonyl (C=O) groups is 1. The number of aliphatic imine (C=N–C) groups is 1. The number of amides is 1. The van der Waals surface area contributed by atoms with E-state index < -0.39 is 0 Å². The second-order valence-corrected chi connectivity index (χ2v) is 7.81. The first-order chi connectivity index (χ1) is 13.7. The second-order valence-electron chi connectivity index (χ2n) is 7.81. The zero-order valence-corrected chi connectivity index (χ0v) is 16.6. The molecular weight excluding hydrogens is 354 g/mol. The molecular formula is C21H31N5O2. The molecule has 1 aromatic carbocycles. The van der Waals surface area contributed by atoms with Gasteiger partial charge in [0.15, 0.2) is 5.96 Å². The Morgan fingerprint density at radius 3 is 2.61 bits per heavy atom. The smallest absolute Gasteiger partial charge is 0.224 e. The number of nitrogens with zero attached hydrogens (tertiary/aromatic N) is 3. The normalized spacial score (nSPS) is 27.2. The molecule has 3 saturated heterocycles. The number of hydrogen-bond acceptors (Lipinski definition) is 4. The lowest BCUT2D eigenvalue weighted by molar-refractivity contribution is -0.131. The lowest BCUT2D eigenvalue weighted by Gasteiger charge is -2.36. The molecule has 2 bridgehead atoms. The second kappa shape index (κ2) is 8.82. The number of carbonyl (C=O) groups excluding carboxylic acids is 1. The quantitative estimate of drug-likeness (QED) is 0.589. The van der Waals surface area contributed by atoms with E-state index in [1.54, 1.807) is 7.05 Å². The van der Waals surface area contributed by atoms with Gasteiger partial charge >= 0.3 is 0 Å². The maximum atomic E-state index is 12.5. The Morgan fingerprint density at radius 2 is 1.96 bits per heavy atom. The van der Waals surface area contributed by atoms with Crippen molar-refractivity contribution < 1.29 is 9.53 Å². The van der Waals surface area contributed by atoms with Crippen LogP contribution in [0, 0.1) is 0 Å². The monoisotopic (exact) mass is 385 g/mol. The summed E-state index contributed by atoms with van der Waals surface area (Å²) >= 11 is 0. The molecule has 4 rings (SSSR count). The predicted molar refractivity (Wildman–Crippen MR) is 111 cm³/mol. The molecule has 152 valence electrons. The van der Waals surface area contributed by atoms with Crippen LogP contribution in [0.2, 0.25) is 0 Å². The summed E-state index contributed by atoms with van der Waals surface area (Å²) in [5.41, 5.74) is 1.23. The van der Waals surface area contributed by atoms with Crippen molar-refractivity contribution in [3.8, 4) is 0 Å². The SMILES string of the molecule is CN=C(NCCC(=O)N1CCN(c2ccccc2)CC1)NC1CC2CCC1O2. The van der Waals surface area contributed by atoms with E-state index in [9.17, 15) is 4.79 Å². The van der Waals surface area contributed by atoms with Gasteiger partial charge in [0.2, 0.25) is 5.91 Å². The first-order valence-electron chi connectivity index (χ1n) is 10.4. The summed E-state index contributed by atoms with van der Waals surface area (Å²) in [7, 11) is 1.77. The molecule has 3 heterocycles. The van der Waals surface area contributed by atoms with Gasteiger partial charge in [0, 0.05) is 51.9 Å². The van der Waals surface area contributed by atoms with Crippen molar-refractivity contribution in [1.82, 2.24) is 15.5 Å². The van der Waals surface area contributed by atoms with Gasteiger partial charge in [-0.25, -0.2) is 0 Å². The molecule has 0 radical (unpaired) electrons. The molecule has 0 aliphatic carbocycles. The van der Waals surface area contributed by atoms with Crippen molar-refractivity contribution in [2.75, 3.05) is 44.7 Å². The van der Waals surface area contributed by atoms with Crippen molar-refractivity contribution in [2.45, 2.75) is 43.9 Å². The van der Waals surface area contributed by atoms with E-state index in [4.69, 9.17) is 4.74 Å². The number of para-hydroxylation sites is 1. The van der Waals surface area contributed by atoms with Gasteiger partial charge in [0.1, 0.15) is 0 Å². The van der Waals surface area contributed by atoms with Crippen molar-refractivity contribution in [1.29, 1.82) is 0 Å².